The quantitative estimate of drug-likeness (QED) is 0.291. The summed E-state index contributed by atoms with van der Waals surface area (Å²) in [5.41, 5.74) is 2.67. The van der Waals surface area contributed by atoms with E-state index in [0.29, 0.717) is 27.1 Å². The Morgan fingerprint density at radius 2 is 0.477 bits per heavy atom. The van der Waals surface area contributed by atoms with Gasteiger partial charge in [-0.05, 0) is 97.2 Å². The molecule has 0 heterocycles. The summed E-state index contributed by atoms with van der Waals surface area (Å²) in [5, 5.41) is 0. The molecule has 3 saturated carbocycles. The largest absolute Gasteiger partial charge is 0.0625 e. The van der Waals surface area contributed by atoms with Crippen LogP contribution in [0.5, 0.6) is 0 Å². The van der Waals surface area contributed by atoms with Gasteiger partial charge in [-0.2, -0.15) is 0 Å². The van der Waals surface area contributed by atoms with Crippen LogP contribution in [0.25, 0.3) is 0 Å². The maximum atomic E-state index is 2.79. The molecule has 5 unspecified atom stereocenters. The van der Waals surface area contributed by atoms with Crippen molar-refractivity contribution in [3.05, 3.63) is 0 Å². The van der Waals surface area contributed by atoms with E-state index in [-0.39, 0.29) is 0 Å². The Balaban J connectivity index is 1.70. The summed E-state index contributed by atoms with van der Waals surface area (Å²) in [5.74, 6) is 0.955. The van der Waals surface area contributed by atoms with Gasteiger partial charge in [-0.3, -0.25) is 0 Å². The van der Waals surface area contributed by atoms with Gasteiger partial charge in [-0.15, -0.1) is 0 Å². The molecule has 3 aliphatic rings. The molecule has 0 aromatic rings. The molecule has 0 nitrogen and oxygen atoms in total. The first kappa shape index (κ1) is 38.4. The minimum absolute atomic E-state index is 0.523. The molecule has 0 aliphatic heterocycles. The first-order chi connectivity index (χ1) is 20.9. The Hall–Kier alpha value is 0. The molecule has 0 spiro atoms. The highest BCUT2D eigenvalue weighted by molar-refractivity contribution is 4.96. The minimum atomic E-state index is 0.523. The van der Waals surface area contributed by atoms with Crippen molar-refractivity contribution in [3.63, 3.8) is 0 Å². The molecular formula is C44H84. The van der Waals surface area contributed by atoms with Crippen molar-refractivity contribution in [2.24, 2.45) is 33.0 Å². The monoisotopic (exact) mass is 613 g/mol. The molecule has 0 amide bonds. The molecule has 0 saturated heterocycles. The molecule has 260 valence electrons. The Kier molecular flexibility index (Phi) is 16.2. The van der Waals surface area contributed by atoms with Crippen LogP contribution >= 0.6 is 0 Å². The highest BCUT2D eigenvalue weighted by atomic mass is 14.5. The maximum absolute atomic E-state index is 2.79. The van der Waals surface area contributed by atoms with E-state index < -0.39 is 0 Å². The van der Waals surface area contributed by atoms with Crippen molar-refractivity contribution in [3.8, 4) is 0 Å². The van der Waals surface area contributed by atoms with Gasteiger partial charge in [0, 0.05) is 0 Å². The Labute approximate surface area is 279 Å². The average Bonchev–Trinajstić information content (AvgIpc) is 2.98. The van der Waals surface area contributed by atoms with Gasteiger partial charge in [0.1, 0.15) is 0 Å². The van der Waals surface area contributed by atoms with E-state index in [4.69, 9.17) is 0 Å². The molecule has 0 N–H and O–H groups in total. The van der Waals surface area contributed by atoms with Crippen molar-refractivity contribution in [1.82, 2.24) is 0 Å². The van der Waals surface area contributed by atoms with Crippen molar-refractivity contribution in [2.75, 3.05) is 0 Å². The second-order valence-electron chi connectivity index (χ2n) is 19.3. The second kappa shape index (κ2) is 18.5. The van der Waals surface area contributed by atoms with Gasteiger partial charge in [0.2, 0.25) is 0 Å². The zero-order valence-corrected chi connectivity index (χ0v) is 32.0. The zero-order chi connectivity index (χ0) is 32.0. The Bertz CT molecular complexity index is 764. The molecule has 3 rings (SSSR count). The lowest BCUT2D eigenvalue weighted by Gasteiger charge is -2.50. The van der Waals surface area contributed by atoms with E-state index >= 15 is 0 Å². The predicted molar refractivity (Wildman–Crippen MR) is 198 cm³/mol. The van der Waals surface area contributed by atoms with E-state index in [1.54, 1.807) is 0 Å². The number of hydrogen-bond donors (Lipinski definition) is 0. The summed E-state index contributed by atoms with van der Waals surface area (Å²) in [4.78, 5) is 0. The highest BCUT2D eigenvalue weighted by Gasteiger charge is 2.45. The van der Waals surface area contributed by atoms with E-state index in [0.717, 1.165) is 5.92 Å². The van der Waals surface area contributed by atoms with Gasteiger partial charge in [-0.1, -0.05) is 183 Å². The van der Waals surface area contributed by atoms with Crippen LogP contribution in [-0.2, 0) is 0 Å². The SMILES string of the molecule is CC1CCCCCCC(C)(C2(C)CCCCCCC(C)(C3(C)CCCCCCC(C)(C)CCCC3)CCCC2)CCCCC1. The van der Waals surface area contributed by atoms with Crippen LogP contribution in [0.1, 0.15) is 248 Å². The van der Waals surface area contributed by atoms with E-state index in [1.807, 2.05) is 0 Å². The number of hydrogen-bond acceptors (Lipinski definition) is 0. The Morgan fingerprint density at radius 3 is 0.795 bits per heavy atom. The van der Waals surface area contributed by atoms with Crippen LogP contribution in [0.3, 0.4) is 0 Å². The normalized spacial score (nSPS) is 39.5. The third kappa shape index (κ3) is 11.9. The third-order valence-corrected chi connectivity index (χ3v) is 15.1. The summed E-state index contributed by atoms with van der Waals surface area (Å²) in [6.07, 6.45) is 45.7. The Morgan fingerprint density at radius 1 is 0.273 bits per heavy atom. The van der Waals surface area contributed by atoms with Crippen molar-refractivity contribution in [2.45, 2.75) is 248 Å². The van der Waals surface area contributed by atoms with Crippen LogP contribution in [0.4, 0.5) is 0 Å². The summed E-state index contributed by atoms with van der Waals surface area (Å²) in [7, 11) is 0. The molecule has 3 aliphatic carbocycles. The third-order valence-electron chi connectivity index (χ3n) is 15.1. The fraction of sp³-hybridized carbons (Fsp3) is 1.00. The van der Waals surface area contributed by atoms with Crippen molar-refractivity contribution < 1.29 is 0 Å². The smallest absolute Gasteiger partial charge is 0.0272 e. The standard InChI is InChI=1S/C44H84/c1-39-27-15-8-9-18-31-41(4,35-22-14-16-28-39)43(6)33-20-12-13-21-34-44(7,38-26-25-37-43)42(5)32-19-11-10-17-29-40(2,3)30-23-24-36-42/h39H,8-38H2,1-7H3. The molecule has 0 radical (unpaired) electrons. The van der Waals surface area contributed by atoms with Crippen LogP contribution in [0.15, 0.2) is 0 Å². The molecule has 0 heteroatoms. The van der Waals surface area contributed by atoms with Crippen LogP contribution < -0.4 is 0 Å². The summed E-state index contributed by atoms with van der Waals surface area (Å²) >= 11 is 0. The first-order valence-electron chi connectivity index (χ1n) is 20.9. The maximum Gasteiger partial charge on any atom is -0.0272 e. The van der Waals surface area contributed by atoms with Crippen molar-refractivity contribution in [1.29, 1.82) is 0 Å². The van der Waals surface area contributed by atoms with Gasteiger partial charge in [0.25, 0.3) is 0 Å². The zero-order valence-electron chi connectivity index (χ0n) is 32.0. The predicted octanol–water partition coefficient (Wildman–Crippen LogP) is 15.8. The molecule has 3 fully saturated rings. The summed E-state index contributed by atoms with van der Waals surface area (Å²) < 4.78 is 0. The second-order valence-corrected chi connectivity index (χ2v) is 19.3. The van der Waals surface area contributed by atoms with Crippen LogP contribution in [0, 0.1) is 33.0 Å². The van der Waals surface area contributed by atoms with E-state index in [1.165, 1.54) is 199 Å². The average molecular weight is 613 g/mol. The van der Waals surface area contributed by atoms with Crippen LogP contribution in [0.2, 0.25) is 0 Å². The fourth-order valence-electron chi connectivity index (χ4n) is 10.7. The number of rotatable bonds is 2. The summed E-state index contributed by atoms with van der Waals surface area (Å²) in [6, 6.07) is 0. The van der Waals surface area contributed by atoms with Crippen LogP contribution in [-0.4, -0.2) is 0 Å². The lowest BCUT2D eigenvalue weighted by atomic mass is 9.55. The van der Waals surface area contributed by atoms with E-state index in [2.05, 4.69) is 48.5 Å². The molecule has 44 heavy (non-hydrogen) atoms. The summed E-state index contributed by atoms with van der Waals surface area (Å²) in [6.45, 7) is 18.7. The molecule has 0 aromatic heterocycles. The molecule has 0 aromatic carbocycles. The topological polar surface area (TPSA) is 0 Å². The lowest BCUT2D eigenvalue weighted by Crippen LogP contribution is -2.39. The fourth-order valence-corrected chi connectivity index (χ4v) is 10.7. The molecular weight excluding hydrogens is 528 g/mol. The van der Waals surface area contributed by atoms with Crippen molar-refractivity contribution >= 4 is 0 Å². The lowest BCUT2D eigenvalue weighted by molar-refractivity contribution is 0.00455. The molecule has 0 bridgehead atoms. The molecule has 5 atom stereocenters. The highest BCUT2D eigenvalue weighted by Crippen LogP contribution is 2.56. The first-order valence-corrected chi connectivity index (χ1v) is 20.9. The van der Waals surface area contributed by atoms with E-state index in [9.17, 15) is 0 Å². The van der Waals surface area contributed by atoms with Gasteiger partial charge in [0.15, 0.2) is 0 Å². The van der Waals surface area contributed by atoms with Gasteiger partial charge >= 0.3 is 0 Å². The van der Waals surface area contributed by atoms with Gasteiger partial charge < -0.3 is 0 Å². The van der Waals surface area contributed by atoms with Gasteiger partial charge in [-0.25, -0.2) is 0 Å². The minimum Gasteiger partial charge on any atom is -0.0625 e. The van der Waals surface area contributed by atoms with Gasteiger partial charge in [0.05, 0.1) is 0 Å².